The Kier molecular flexibility index (Phi) is 5.25. The summed E-state index contributed by atoms with van der Waals surface area (Å²) in [4.78, 5) is 0. The van der Waals surface area contributed by atoms with Gasteiger partial charge in [-0.15, -0.1) is 0 Å². The topological polar surface area (TPSA) is 39.1 Å². The summed E-state index contributed by atoms with van der Waals surface area (Å²) >= 11 is 6.10. The Morgan fingerprint density at radius 3 is 2.69 bits per heavy atom. The first-order valence-electron chi connectivity index (χ1n) is 5.51. The summed E-state index contributed by atoms with van der Waals surface area (Å²) in [5, 5.41) is 8.22. The summed E-state index contributed by atoms with van der Waals surface area (Å²) in [5.41, 5.74) is 1.78. The van der Waals surface area contributed by atoms with E-state index in [9.17, 15) is 0 Å². The lowest BCUT2D eigenvalue weighted by Gasteiger charge is -2.08. The van der Waals surface area contributed by atoms with Crippen molar-refractivity contribution in [1.82, 2.24) is 15.1 Å². The molecule has 0 fully saturated rings. The van der Waals surface area contributed by atoms with Crippen molar-refractivity contribution in [3.05, 3.63) is 16.4 Å². The van der Waals surface area contributed by atoms with E-state index in [0.29, 0.717) is 24.3 Å². The van der Waals surface area contributed by atoms with Crippen LogP contribution >= 0.6 is 11.6 Å². The summed E-state index contributed by atoms with van der Waals surface area (Å²) in [6.07, 6.45) is 0. The average Bonchev–Trinajstić information content (AvgIpc) is 2.43. The second kappa shape index (κ2) is 6.23. The van der Waals surface area contributed by atoms with Crippen molar-refractivity contribution in [3.8, 4) is 0 Å². The van der Waals surface area contributed by atoms with Gasteiger partial charge in [-0.1, -0.05) is 25.4 Å². The highest BCUT2D eigenvalue weighted by Crippen LogP contribution is 2.19. The number of aryl methyl sites for hydroxylation is 2. The number of hydrogen-bond donors (Lipinski definition) is 1. The molecule has 0 amide bonds. The molecular formula is C11H20ClN3O. The van der Waals surface area contributed by atoms with Gasteiger partial charge in [0, 0.05) is 19.6 Å². The molecule has 0 unspecified atom stereocenters. The van der Waals surface area contributed by atoms with E-state index in [-0.39, 0.29) is 0 Å². The molecule has 1 rings (SSSR count). The molecule has 0 aliphatic heterocycles. The van der Waals surface area contributed by atoms with Gasteiger partial charge in [-0.05, 0) is 6.92 Å². The Labute approximate surface area is 102 Å². The first kappa shape index (κ1) is 13.5. The molecule has 1 aromatic rings. The highest BCUT2D eigenvalue weighted by Gasteiger charge is 2.10. The summed E-state index contributed by atoms with van der Waals surface area (Å²) in [6, 6.07) is 0.492. The lowest BCUT2D eigenvalue weighted by Crippen LogP contribution is -2.26. The first-order chi connectivity index (χ1) is 7.52. The van der Waals surface area contributed by atoms with Crippen molar-refractivity contribution in [1.29, 1.82) is 0 Å². The van der Waals surface area contributed by atoms with Crippen LogP contribution in [0.5, 0.6) is 0 Å². The van der Waals surface area contributed by atoms with Gasteiger partial charge in [0.2, 0.25) is 0 Å². The predicted molar refractivity (Wildman–Crippen MR) is 65.7 cm³/mol. The number of nitrogens with one attached hydrogen (secondary N) is 1. The third-order valence-corrected chi connectivity index (χ3v) is 2.79. The van der Waals surface area contributed by atoms with E-state index in [0.717, 1.165) is 17.9 Å². The maximum Gasteiger partial charge on any atom is 0.0900 e. The molecule has 16 heavy (non-hydrogen) atoms. The Balaban J connectivity index is 2.32. The highest BCUT2D eigenvalue weighted by molar-refractivity contribution is 6.31. The van der Waals surface area contributed by atoms with Crippen LogP contribution in [0.15, 0.2) is 0 Å². The molecule has 1 N–H and O–H groups in total. The molecule has 5 heteroatoms. The zero-order chi connectivity index (χ0) is 12.1. The van der Waals surface area contributed by atoms with Crippen LogP contribution in [0.1, 0.15) is 25.2 Å². The molecule has 1 aromatic heterocycles. The minimum Gasteiger partial charge on any atom is -0.374 e. The van der Waals surface area contributed by atoms with E-state index in [1.54, 1.807) is 4.68 Å². The maximum atomic E-state index is 6.10. The first-order valence-corrected chi connectivity index (χ1v) is 5.89. The van der Waals surface area contributed by atoms with Gasteiger partial charge in [0.25, 0.3) is 0 Å². The SMILES string of the molecule is Cc1nn(C)c(COCCNC(C)C)c1Cl. The highest BCUT2D eigenvalue weighted by atomic mass is 35.5. The molecule has 0 radical (unpaired) electrons. The summed E-state index contributed by atoms with van der Waals surface area (Å²) in [5.74, 6) is 0. The van der Waals surface area contributed by atoms with Gasteiger partial charge in [-0.25, -0.2) is 0 Å². The second-order valence-corrected chi connectivity index (χ2v) is 4.51. The number of rotatable bonds is 6. The Hall–Kier alpha value is -0.580. The van der Waals surface area contributed by atoms with Crippen LogP contribution in [0.2, 0.25) is 5.02 Å². The Morgan fingerprint density at radius 2 is 2.19 bits per heavy atom. The molecule has 0 aromatic carbocycles. The molecule has 0 saturated carbocycles. The Bertz CT molecular complexity index is 336. The minimum absolute atomic E-state index is 0.492. The van der Waals surface area contributed by atoms with Gasteiger partial charge < -0.3 is 10.1 Å². The number of hydrogen-bond acceptors (Lipinski definition) is 3. The van der Waals surface area contributed by atoms with Gasteiger partial charge in [-0.2, -0.15) is 5.10 Å². The van der Waals surface area contributed by atoms with Crippen LogP contribution in [0.25, 0.3) is 0 Å². The third kappa shape index (κ3) is 3.77. The van der Waals surface area contributed by atoms with Crippen molar-refractivity contribution in [2.45, 2.75) is 33.4 Å². The smallest absolute Gasteiger partial charge is 0.0900 e. The summed E-state index contributed by atoms with van der Waals surface area (Å²) in [6.45, 7) is 8.16. The van der Waals surface area contributed by atoms with Gasteiger partial charge in [0.15, 0.2) is 0 Å². The van der Waals surface area contributed by atoms with Crippen LogP contribution in [0, 0.1) is 6.92 Å². The van der Waals surface area contributed by atoms with E-state index in [1.807, 2.05) is 14.0 Å². The molecule has 4 nitrogen and oxygen atoms in total. The number of nitrogens with zero attached hydrogens (tertiary/aromatic N) is 2. The predicted octanol–water partition coefficient (Wildman–Crippen LogP) is 1.90. The minimum atomic E-state index is 0.492. The average molecular weight is 246 g/mol. The van der Waals surface area contributed by atoms with Gasteiger partial charge in [0.1, 0.15) is 0 Å². The van der Waals surface area contributed by atoms with Crippen LogP contribution in [0.4, 0.5) is 0 Å². The van der Waals surface area contributed by atoms with Gasteiger partial charge in [0.05, 0.1) is 29.6 Å². The van der Waals surface area contributed by atoms with Crippen LogP contribution in [0.3, 0.4) is 0 Å². The fraction of sp³-hybridized carbons (Fsp3) is 0.727. The largest absolute Gasteiger partial charge is 0.374 e. The van der Waals surface area contributed by atoms with E-state index in [4.69, 9.17) is 16.3 Å². The zero-order valence-corrected chi connectivity index (χ0v) is 11.1. The quantitative estimate of drug-likeness (QED) is 0.778. The van der Waals surface area contributed by atoms with Gasteiger partial charge in [-0.3, -0.25) is 4.68 Å². The van der Waals surface area contributed by atoms with Crippen LogP contribution in [-0.4, -0.2) is 29.0 Å². The molecular weight excluding hydrogens is 226 g/mol. The number of halogens is 1. The van der Waals surface area contributed by atoms with E-state index in [1.165, 1.54) is 0 Å². The van der Waals surface area contributed by atoms with Crippen molar-refractivity contribution >= 4 is 11.6 Å². The maximum absolute atomic E-state index is 6.10. The molecule has 0 spiro atoms. The lowest BCUT2D eigenvalue weighted by molar-refractivity contribution is 0.116. The standard InChI is InChI=1S/C11H20ClN3O/c1-8(2)13-5-6-16-7-10-11(12)9(3)14-15(10)4/h8,13H,5-7H2,1-4H3. The molecule has 0 aliphatic rings. The molecule has 92 valence electrons. The van der Waals surface area contributed by atoms with Crippen molar-refractivity contribution in [2.75, 3.05) is 13.2 Å². The fourth-order valence-electron chi connectivity index (χ4n) is 1.43. The molecule has 0 bridgehead atoms. The number of ether oxygens (including phenoxy) is 1. The molecule has 1 heterocycles. The van der Waals surface area contributed by atoms with Crippen molar-refractivity contribution in [3.63, 3.8) is 0 Å². The normalized spacial score (nSPS) is 11.4. The van der Waals surface area contributed by atoms with Crippen LogP contribution in [-0.2, 0) is 18.4 Å². The summed E-state index contributed by atoms with van der Waals surface area (Å²) in [7, 11) is 1.88. The monoisotopic (exact) mass is 245 g/mol. The third-order valence-electron chi connectivity index (χ3n) is 2.30. The van der Waals surface area contributed by atoms with Crippen LogP contribution < -0.4 is 5.32 Å². The molecule has 0 saturated heterocycles. The van der Waals surface area contributed by atoms with E-state index in [2.05, 4.69) is 24.3 Å². The van der Waals surface area contributed by atoms with Crippen molar-refractivity contribution in [2.24, 2.45) is 7.05 Å². The van der Waals surface area contributed by atoms with Crippen molar-refractivity contribution < 1.29 is 4.74 Å². The molecule has 0 aliphatic carbocycles. The fourth-order valence-corrected chi connectivity index (χ4v) is 1.64. The summed E-state index contributed by atoms with van der Waals surface area (Å²) < 4.78 is 7.31. The Morgan fingerprint density at radius 1 is 1.50 bits per heavy atom. The lowest BCUT2D eigenvalue weighted by atomic mass is 10.4. The zero-order valence-electron chi connectivity index (χ0n) is 10.4. The van der Waals surface area contributed by atoms with E-state index >= 15 is 0 Å². The second-order valence-electron chi connectivity index (χ2n) is 4.13. The van der Waals surface area contributed by atoms with Gasteiger partial charge >= 0.3 is 0 Å². The van der Waals surface area contributed by atoms with E-state index < -0.39 is 0 Å². The molecule has 0 atom stereocenters. The number of aromatic nitrogens is 2.